The Labute approximate surface area is 183 Å². The molecule has 10 nitrogen and oxygen atoms in total. The van der Waals surface area contributed by atoms with Gasteiger partial charge >= 0.3 is 5.97 Å². The summed E-state index contributed by atoms with van der Waals surface area (Å²) in [6.45, 7) is 2.24. The van der Waals surface area contributed by atoms with Crippen molar-refractivity contribution in [2.75, 3.05) is 57.9 Å². The third-order valence-electron chi connectivity index (χ3n) is 5.98. The van der Waals surface area contributed by atoms with E-state index in [1.165, 1.54) is 6.20 Å². The summed E-state index contributed by atoms with van der Waals surface area (Å²) in [6, 6.07) is 0.842. The number of carbonyl (C=O) groups is 1. The van der Waals surface area contributed by atoms with Crippen molar-refractivity contribution in [3.8, 4) is 5.75 Å². The Morgan fingerprint density at radius 3 is 2.78 bits per heavy atom. The average Bonchev–Trinajstić information content (AvgIpc) is 2.76. The average molecular weight is 451 g/mol. The van der Waals surface area contributed by atoms with Gasteiger partial charge in [0.2, 0.25) is 5.43 Å². The van der Waals surface area contributed by atoms with Gasteiger partial charge in [-0.1, -0.05) is 0 Å². The molecule has 32 heavy (non-hydrogen) atoms. The molecule has 1 saturated heterocycles. The smallest absolute Gasteiger partial charge is 0.343 e. The Kier molecular flexibility index (Phi) is 5.84. The number of nitrogens with zero attached hydrogens (tertiary/aromatic N) is 3. The first-order valence-corrected chi connectivity index (χ1v) is 10.4. The maximum Gasteiger partial charge on any atom is 0.343 e. The first-order chi connectivity index (χ1) is 15.1. The van der Waals surface area contributed by atoms with Gasteiger partial charge in [0.15, 0.2) is 11.6 Å². The highest BCUT2D eigenvalue weighted by Crippen LogP contribution is 2.42. The summed E-state index contributed by atoms with van der Waals surface area (Å²) in [7, 11) is 1.58. The Hall–Kier alpha value is -2.73. The summed E-state index contributed by atoms with van der Waals surface area (Å²) < 4.78 is 27.4. The molecule has 2 aliphatic heterocycles. The number of rotatable bonds is 5. The van der Waals surface area contributed by atoms with Crippen LogP contribution in [-0.2, 0) is 4.74 Å². The van der Waals surface area contributed by atoms with E-state index in [9.17, 15) is 19.9 Å². The van der Waals surface area contributed by atoms with Crippen LogP contribution in [0.2, 0.25) is 0 Å². The number of likely N-dealkylation sites (N-methyl/N-ethyl adjacent to an activating group) is 1. The van der Waals surface area contributed by atoms with Gasteiger partial charge in [0.1, 0.15) is 30.6 Å². The number of aromatic nitrogens is 1. The minimum Gasteiger partial charge on any atom is -0.633 e. The molecule has 0 bridgehead atoms. The van der Waals surface area contributed by atoms with Crippen LogP contribution < -0.4 is 15.1 Å². The molecule has 174 valence electrons. The number of ether oxygens (including phenoxy) is 2. The monoisotopic (exact) mass is 451 g/mol. The zero-order chi connectivity index (χ0) is 23.2. The number of pyridine rings is 1. The van der Waals surface area contributed by atoms with Crippen LogP contribution in [0.25, 0.3) is 10.9 Å². The van der Waals surface area contributed by atoms with E-state index in [1.807, 2.05) is 6.92 Å². The van der Waals surface area contributed by atoms with Crippen LogP contribution in [-0.4, -0.2) is 84.5 Å². The lowest BCUT2D eigenvalue weighted by Crippen LogP contribution is -2.54. The SMILES string of the molecule is C[C@H]1COc2c(N3CC[N+](C)([O-])CC3)c(F)cc3c(=O)c(C(=O)OCC(O)CO)cn1c23. The number of aliphatic hydroxyl groups excluding tert-OH is 2. The predicted octanol–water partition coefficient (Wildman–Crippen LogP) is 0.368. The van der Waals surface area contributed by atoms with E-state index in [1.54, 1.807) is 16.5 Å². The summed E-state index contributed by atoms with van der Waals surface area (Å²) in [4.78, 5) is 27.3. The number of hydroxylamine groups is 3. The van der Waals surface area contributed by atoms with Gasteiger partial charge in [-0.3, -0.25) is 4.79 Å². The number of benzene rings is 1. The number of carbonyl (C=O) groups excluding carboxylic acids is 1. The van der Waals surface area contributed by atoms with E-state index in [0.717, 1.165) is 6.07 Å². The fraction of sp³-hybridized carbons (Fsp3) is 0.524. The molecule has 3 heterocycles. The molecular formula is C21H26FN3O7. The van der Waals surface area contributed by atoms with Gasteiger partial charge < -0.3 is 39.0 Å². The van der Waals surface area contributed by atoms with Crippen molar-refractivity contribution in [3.05, 3.63) is 39.1 Å². The Morgan fingerprint density at radius 1 is 1.44 bits per heavy atom. The van der Waals surface area contributed by atoms with Crippen LogP contribution in [0.1, 0.15) is 23.3 Å². The predicted molar refractivity (Wildman–Crippen MR) is 113 cm³/mol. The highest BCUT2D eigenvalue weighted by molar-refractivity contribution is 5.98. The fourth-order valence-corrected chi connectivity index (χ4v) is 4.07. The maximum absolute atomic E-state index is 15.3. The van der Waals surface area contributed by atoms with Gasteiger partial charge in [0.05, 0.1) is 56.8 Å². The highest BCUT2D eigenvalue weighted by Gasteiger charge is 2.32. The van der Waals surface area contributed by atoms with Crippen molar-refractivity contribution in [1.29, 1.82) is 0 Å². The van der Waals surface area contributed by atoms with E-state index < -0.39 is 41.2 Å². The number of aliphatic hydroxyl groups is 2. The first-order valence-electron chi connectivity index (χ1n) is 10.4. The summed E-state index contributed by atoms with van der Waals surface area (Å²) >= 11 is 0. The lowest BCUT2D eigenvalue weighted by Gasteiger charge is -2.46. The number of anilines is 1. The number of hydrogen-bond donors (Lipinski definition) is 2. The molecule has 2 aliphatic rings. The highest BCUT2D eigenvalue weighted by atomic mass is 19.1. The number of quaternary nitrogens is 1. The molecule has 2 atom stereocenters. The van der Waals surface area contributed by atoms with E-state index in [2.05, 4.69) is 0 Å². The molecular weight excluding hydrogens is 425 g/mol. The van der Waals surface area contributed by atoms with E-state index in [-0.39, 0.29) is 35.0 Å². The van der Waals surface area contributed by atoms with E-state index in [0.29, 0.717) is 31.7 Å². The lowest BCUT2D eigenvalue weighted by atomic mass is 10.1. The number of esters is 1. The van der Waals surface area contributed by atoms with Crippen LogP contribution in [0.5, 0.6) is 5.75 Å². The quantitative estimate of drug-likeness (QED) is 0.380. The van der Waals surface area contributed by atoms with Crippen molar-refractivity contribution in [1.82, 2.24) is 4.57 Å². The van der Waals surface area contributed by atoms with Crippen molar-refractivity contribution >= 4 is 22.6 Å². The van der Waals surface area contributed by atoms with Gasteiger partial charge in [0.25, 0.3) is 0 Å². The maximum atomic E-state index is 15.3. The molecule has 1 unspecified atom stereocenters. The van der Waals surface area contributed by atoms with Gasteiger partial charge in [-0.15, -0.1) is 0 Å². The van der Waals surface area contributed by atoms with Gasteiger partial charge in [-0.05, 0) is 13.0 Å². The molecule has 2 N–H and O–H groups in total. The van der Waals surface area contributed by atoms with Crippen molar-refractivity contribution < 1.29 is 33.5 Å². The second kappa shape index (κ2) is 8.32. The second-order valence-corrected chi connectivity index (χ2v) is 8.54. The normalized spacial score (nSPS) is 20.7. The summed E-state index contributed by atoms with van der Waals surface area (Å²) in [5.74, 6) is -1.43. The summed E-state index contributed by atoms with van der Waals surface area (Å²) in [6.07, 6.45) is 0.0944. The molecule has 4 rings (SSSR count). The first kappa shape index (κ1) is 22.5. The molecule has 1 fully saturated rings. The molecule has 0 spiro atoms. The minimum atomic E-state index is -1.27. The van der Waals surface area contributed by atoms with Crippen LogP contribution in [0.15, 0.2) is 17.1 Å². The molecule has 0 saturated carbocycles. The second-order valence-electron chi connectivity index (χ2n) is 8.54. The molecule has 0 amide bonds. The number of halogens is 1. The lowest BCUT2D eigenvalue weighted by molar-refractivity contribution is -0.861. The number of hydrogen-bond acceptors (Lipinski definition) is 8. The molecule has 1 aromatic heterocycles. The largest absolute Gasteiger partial charge is 0.633 e. The van der Waals surface area contributed by atoms with E-state index >= 15 is 4.39 Å². The zero-order valence-corrected chi connectivity index (χ0v) is 17.9. The third-order valence-corrected chi connectivity index (χ3v) is 5.98. The van der Waals surface area contributed by atoms with Gasteiger partial charge in [-0.25, -0.2) is 9.18 Å². The van der Waals surface area contributed by atoms with Crippen molar-refractivity contribution in [3.63, 3.8) is 0 Å². The van der Waals surface area contributed by atoms with Gasteiger partial charge in [-0.2, -0.15) is 0 Å². The molecule has 2 aromatic rings. The molecule has 11 heteroatoms. The van der Waals surface area contributed by atoms with Crippen LogP contribution in [0.3, 0.4) is 0 Å². The third kappa shape index (κ3) is 3.92. The van der Waals surface area contributed by atoms with Crippen LogP contribution in [0.4, 0.5) is 10.1 Å². The molecule has 0 aliphatic carbocycles. The topological polar surface area (TPSA) is 124 Å². The zero-order valence-electron chi connectivity index (χ0n) is 17.9. The molecule has 1 aromatic carbocycles. The van der Waals surface area contributed by atoms with Crippen LogP contribution >= 0.6 is 0 Å². The van der Waals surface area contributed by atoms with Crippen molar-refractivity contribution in [2.45, 2.75) is 19.1 Å². The summed E-state index contributed by atoms with van der Waals surface area (Å²) in [5.41, 5.74) is -0.431. The van der Waals surface area contributed by atoms with E-state index in [4.69, 9.17) is 14.6 Å². The van der Waals surface area contributed by atoms with Gasteiger partial charge in [0, 0.05) is 6.20 Å². The molecule has 0 radical (unpaired) electrons. The van der Waals surface area contributed by atoms with Crippen LogP contribution in [0, 0.1) is 11.0 Å². The Bertz CT molecular complexity index is 1110. The van der Waals surface area contributed by atoms with Crippen molar-refractivity contribution in [2.24, 2.45) is 0 Å². The summed E-state index contributed by atoms with van der Waals surface area (Å²) in [5, 5.41) is 30.4. The Balaban J connectivity index is 1.82. The standard InChI is InChI=1S/C21H26FN3O7/c1-12-10-31-20-17-14(7-16(22)18(20)23-3-5-25(2,30)6-4-23)19(28)15(8-24(12)17)21(29)32-11-13(27)9-26/h7-8,12-13,26-27H,3-6,9-11H2,1-2H3/t12-,13?/m0/s1. The minimum absolute atomic E-state index is 0.0218. The fourth-order valence-electron chi connectivity index (χ4n) is 4.07. The number of piperazine rings is 1. The Morgan fingerprint density at radius 2 is 2.12 bits per heavy atom.